The van der Waals surface area contributed by atoms with Gasteiger partial charge in [0.15, 0.2) is 12.4 Å². The smallest absolute Gasteiger partial charge is 0.306 e. The summed E-state index contributed by atoms with van der Waals surface area (Å²) < 4.78 is 22.9. The third-order valence-corrected chi connectivity index (χ3v) is 18.1. The molecule has 2 atom stereocenters. The Bertz CT molecular complexity index is 2400. The van der Waals surface area contributed by atoms with E-state index in [0.717, 1.165) is 141 Å². The number of carboxylic acids is 1. The number of nitrogens with zero attached hydrogens (tertiary/aromatic N) is 1. The van der Waals surface area contributed by atoms with E-state index in [1.807, 2.05) is 21.1 Å². The molecule has 0 radical (unpaired) electrons. The Hall–Kier alpha value is -5.61. The first-order valence-electron chi connectivity index (χ1n) is 42.9. The van der Waals surface area contributed by atoms with Crippen LogP contribution in [0.3, 0.4) is 0 Å². The highest BCUT2D eigenvalue weighted by atomic mass is 16.7. The molecule has 0 rings (SSSR count). The Morgan fingerprint density at radius 2 is 0.514 bits per heavy atom. The molecule has 0 aliphatic carbocycles. The minimum atomic E-state index is -1.64. The van der Waals surface area contributed by atoms with Gasteiger partial charge in [-0.25, -0.2) is 0 Å². The summed E-state index contributed by atoms with van der Waals surface area (Å²) >= 11 is 0. The zero-order chi connectivity index (χ0) is 76.0. The zero-order valence-corrected chi connectivity index (χ0v) is 68.3. The van der Waals surface area contributed by atoms with Gasteiger partial charge in [0.05, 0.1) is 40.3 Å². The van der Waals surface area contributed by atoms with Crippen molar-refractivity contribution in [2.24, 2.45) is 0 Å². The summed E-state index contributed by atoms with van der Waals surface area (Å²) in [5, 5.41) is 11.9. The van der Waals surface area contributed by atoms with E-state index in [9.17, 15) is 19.5 Å². The Balaban J connectivity index is 4.06. The molecule has 0 heterocycles. The quantitative estimate of drug-likeness (QED) is 0.0195. The lowest BCUT2D eigenvalue weighted by molar-refractivity contribution is -0.870. The molecule has 0 N–H and O–H groups in total. The van der Waals surface area contributed by atoms with Crippen molar-refractivity contribution in [1.29, 1.82) is 0 Å². The molecule has 105 heavy (non-hydrogen) atoms. The average molecular weight is 1460 g/mol. The van der Waals surface area contributed by atoms with Gasteiger partial charge in [0.1, 0.15) is 13.2 Å². The number of ether oxygens (including phenoxy) is 4. The second-order valence-electron chi connectivity index (χ2n) is 29.4. The second-order valence-corrected chi connectivity index (χ2v) is 29.4. The maximum atomic E-state index is 13.0. The summed E-state index contributed by atoms with van der Waals surface area (Å²) in [6.07, 6.45) is 125. The summed E-state index contributed by atoms with van der Waals surface area (Å²) in [5.74, 6) is -2.30. The molecule has 9 heteroatoms. The van der Waals surface area contributed by atoms with Crippen LogP contribution in [0.2, 0.25) is 0 Å². The van der Waals surface area contributed by atoms with Gasteiger partial charge in [-0.3, -0.25) is 9.59 Å². The maximum Gasteiger partial charge on any atom is 0.306 e. The van der Waals surface area contributed by atoms with Gasteiger partial charge in [0.2, 0.25) is 0 Å². The highest BCUT2D eigenvalue weighted by Gasteiger charge is 2.22. The predicted octanol–water partition coefficient (Wildman–Crippen LogP) is 26.9. The fourth-order valence-electron chi connectivity index (χ4n) is 11.7. The number of carboxylic acid groups (broad SMARTS) is 1. The number of hydrogen-bond donors (Lipinski definition) is 0. The Labute approximate surface area is 647 Å². The molecule has 0 aromatic heterocycles. The number of allylic oxidation sites excluding steroid dienone is 30. The molecule has 0 aromatic rings. The highest BCUT2D eigenvalue weighted by molar-refractivity contribution is 5.70. The fourth-order valence-corrected chi connectivity index (χ4v) is 11.7. The number of rotatable bonds is 78. The number of likely N-dealkylation sites (N-methyl/N-ethyl adjacent to an activating group) is 1. The Morgan fingerprint density at radius 1 is 0.286 bits per heavy atom. The van der Waals surface area contributed by atoms with E-state index in [1.165, 1.54) is 173 Å². The van der Waals surface area contributed by atoms with Crippen LogP contribution in [-0.4, -0.2) is 82.3 Å². The molecule has 0 spiro atoms. The van der Waals surface area contributed by atoms with Crippen molar-refractivity contribution < 1.29 is 42.9 Å². The van der Waals surface area contributed by atoms with Crippen LogP contribution in [-0.2, 0) is 33.3 Å². The first-order valence-corrected chi connectivity index (χ1v) is 42.9. The molecular weight excluding hydrogens is 1300 g/mol. The molecule has 0 amide bonds. The predicted molar refractivity (Wildman–Crippen MR) is 453 cm³/mol. The van der Waals surface area contributed by atoms with E-state index >= 15 is 0 Å². The lowest BCUT2D eigenvalue weighted by Gasteiger charge is -2.26. The summed E-state index contributed by atoms with van der Waals surface area (Å²) in [7, 11) is 5.93. The molecule has 0 bridgehead atoms. The number of carbonyl (C=O) groups excluding carboxylic acids is 3. The largest absolute Gasteiger partial charge is 0.545 e. The van der Waals surface area contributed by atoms with Crippen LogP contribution >= 0.6 is 0 Å². The van der Waals surface area contributed by atoms with Gasteiger partial charge in [-0.2, -0.15) is 0 Å². The second kappa shape index (κ2) is 84.0. The van der Waals surface area contributed by atoms with Crippen LogP contribution in [0.15, 0.2) is 182 Å². The van der Waals surface area contributed by atoms with Gasteiger partial charge < -0.3 is 33.3 Å². The molecule has 9 nitrogen and oxygen atoms in total. The molecule has 0 saturated heterocycles. The molecule has 0 fully saturated rings. The monoisotopic (exact) mass is 1450 g/mol. The van der Waals surface area contributed by atoms with E-state index in [0.29, 0.717) is 17.4 Å². The van der Waals surface area contributed by atoms with Gasteiger partial charge in [-0.1, -0.05) is 382 Å². The SMILES string of the molecule is CC/C=C\C/C=C\C/C=C\C/C=C\C/C=C\C/C=C\C/C=C\C/C=C\C/C=C\C/C=C\C/C=C\CCCCCCCCCC(=O)OC(COC(=O)CCCCCCCCCCCCCCCCCCCCCCCCCCCC/C=C\C/C=C\C/C=C\C/C=C\CC)COC(OCC[N+](C)(C)C)C(=O)[O-]. The Kier molecular flexibility index (Phi) is 79.5. The van der Waals surface area contributed by atoms with Gasteiger partial charge in [-0.05, 0) is 135 Å². The van der Waals surface area contributed by atoms with Crippen LogP contribution < -0.4 is 5.11 Å². The van der Waals surface area contributed by atoms with Crippen LogP contribution in [0.4, 0.5) is 0 Å². The van der Waals surface area contributed by atoms with E-state index in [2.05, 4.69) is 196 Å². The van der Waals surface area contributed by atoms with E-state index in [1.54, 1.807) is 0 Å². The summed E-state index contributed by atoms with van der Waals surface area (Å²) in [6.45, 7) is 4.53. The zero-order valence-electron chi connectivity index (χ0n) is 68.3. The molecule has 2 unspecified atom stereocenters. The van der Waals surface area contributed by atoms with Gasteiger partial charge >= 0.3 is 11.9 Å². The van der Waals surface area contributed by atoms with E-state index in [-0.39, 0.29) is 38.6 Å². The topological polar surface area (TPSA) is 111 Å². The average Bonchev–Trinajstić information content (AvgIpc) is 1.18. The minimum absolute atomic E-state index is 0.139. The molecule has 0 aliphatic heterocycles. The van der Waals surface area contributed by atoms with Crippen LogP contribution in [0.1, 0.15) is 348 Å². The summed E-state index contributed by atoms with van der Waals surface area (Å²) in [5.41, 5.74) is 0. The van der Waals surface area contributed by atoms with Gasteiger partial charge in [0.25, 0.3) is 0 Å². The number of carbonyl (C=O) groups is 3. The van der Waals surface area contributed by atoms with Crippen molar-refractivity contribution in [3.8, 4) is 0 Å². The number of aliphatic carboxylic acids is 1. The highest BCUT2D eigenvalue weighted by Crippen LogP contribution is 2.18. The Morgan fingerprint density at radius 3 is 0.762 bits per heavy atom. The third-order valence-electron chi connectivity index (χ3n) is 18.1. The summed E-state index contributed by atoms with van der Waals surface area (Å²) in [4.78, 5) is 37.7. The number of quaternary nitrogens is 1. The van der Waals surface area contributed by atoms with Crippen LogP contribution in [0.5, 0.6) is 0 Å². The molecule has 596 valence electrons. The lowest BCUT2D eigenvalue weighted by atomic mass is 10.0. The van der Waals surface area contributed by atoms with Crippen LogP contribution in [0, 0.1) is 0 Å². The van der Waals surface area contributed by atoms with E-state index < -0.39 is 24.3 Å². The van der Waals surface area contributed by atoms with Crippen molar-refractivity contribution in [2.45, 2.75) is 360 Å². The molecule has 0 aromatic carbocycles. The molecular formula is C96H159NO8. The number of unbranched alkanes of at least 4 members (excludes halogenated alkanes) is 33. The number of hydrogen-bond acceptors (Lipinski definition) is 8. The summed E-state index contributed by atoms with van der Waals surface area (Å²) in [6, 6.07) is 0. The molecule has 0 saturated carbocycles. The van der Waals surface area contributed by atoms with Crippen molar-refractivity contribution in [3.63, 3.8) is 0 Å². The van der Waals surface area contributed by atoms with Crippen molar-refractivity contribution >= 4 is 17.9 Å². The van der Waals surface area contributed by atoms with Crippen LogP contribution in [0.25, 0.3) is 0 Å². The van der Waals surface area contributed by atoms with Gasteiger partial charge in [0, 0.05) is 12.8 Å². The minimum Gasteiger partial charge on any atom is -0.545 e. The van der Waals surface area contributed by atoms with E-state index in [4.69, 9.17) is 18.9 Å². The third kappa shape index (κ3) is 85.5. The first kappa shape index (κ1) is 99.4. The first-order chi connectivity index (χ1) is 51.6. The van der Waals surface area contributed by atoms with Crippen molar-refractivity contribution in [3.05, 3.63) is 182 Å². The normalized spacial score (nSPS) is 13.6. The van der Waals surface area contributed by atoms with Crippen molar-refractivity contribution in [2.75, 3.05) is 47.5 Å². The molecule has 0 aliphatic rings. The van der Waals surface area contributed by atoms with Gasteiger partial charge in [-0.15, -0.1) is 0 Å². The lowest BCUT2D eigenvalue weighted by Crippen LogP contribution is -2.44. The fraction of sp³-hybridized carbons (Fsp3) is 0.656. The van der Waals surface area contributed by atoms with Crippen molar-refractivity contribution in [1.82, 2.24) is 0 Å². The number of esters is 2. The standard InChI is InChI=1S/C96H159NO8/c1-6-8-10-12-14-16-18-20-22-24-26-28-30-32-34-36-38-40-42-44-46-47-49-51-53-55-57-59-61-63-65-67-69-71-73-75-77-79-81-83-85-87-94(99)105-92(91-104-96(95(100)101)102-89-88-97(3,4)5)90-103-93(98)86-84-82-80-78-76-74-72-70-68-66-64-62-60-58-56-54-52-50-48-45-43-41-39-37-35-33-31-29-27-25-23-21-19-17-15-13-11-9-7-2/h8-11,14-17,20-23,26-29,32,34,38,40,44,46,49,51,55,57,61,63,67,69,92,96H,6-7,12-13,18-19,24-25,30-31,33,35-37,39,41-43,45,47-48,50,52-54,56,58-60,62,64-66,68,70-91H2,1-5H3/b10-8-,11-9-,16-14-,17-15-,22-20-,23-21-,28-26-,29-27-,34-32-,40-38-,46-44-,51-49-,57-55-,63-61-,69-67-. The maximum absolute atomic E-state index is 13.0.